The van der Waals surface area contributed by atoms with Crippen molar-refractivity contribution in [1.29, 1.82) is 0 Å². The molecule has 152 valence electrons. The molecule has 7 heteroatoms. The summed E-state index contributed by atoms with van der Waals surface area (Å²) in [5.74, 6) is -0.137. The van der Waals surface area contributed by atoms with Crippen molar-refractivity contribution in [3.63, 3.8) is 0 Å². The molecule has 7 nitrogen and oxygen atoms in total. The van der Waals surface area contributed by atoms with Crippen LogP contribution in [0.2, 0.25) is 0 Å². The second kappa shape index (κ2) is 8.71. The van der Waals surface area contributed by atoms with Gasteiger partial charge in [0.1, 0.15) is 5.56 Å². The third kappa shape index (κ3) is 4.31. The summed E-state index contributed by atoms with van der Waals surface area (Å²) in [4.78, 5) is 22.2. The van der Waals surface area contributed by atoms with E-state index in [-0.39, 0.29) is 5.91 Å². The maximum atomic E-state index is 12.9. The second-order valence-corrected chi connectivity index (χ2v) is 7.51. The number of carbonyl (C=O) groups is 1. The molecule has 0 saturated carbocycles. The summed E-state index contributed by atoms with van der Waals surface area (Å²) in [6.07, 6.45) is 3.49. The van der Waals surface area contributed by atoms with E-state index in [2.05, 4.69) is 50.3 Å². The number of hydrogen-bond donors (Lipinski definition) is 1. The van der Waals surface area contributed by atoms with Crippen molar-refractivity contribution in [3.8, 4) is 0 Å². The summed E-state index contributed by atoms with van der Waals surface area (Å²) in [5, 5.41) is 7.45. The van der Waals surface area contributed by atoms with E-state index in [0.717, 1.165) is 44.8 Å². The lowest BCUT2D eigenvalue weighted by Gasteiger charge is -2.34. The van der Waals surface area contributed by atoms with Gasteiger partial charge in [-0.3, -0.25) is 9.69 Å². The maximum Gasteiger partial charge on any atom is 0.257 e. The summed E-state index contributed by atoms with van der Waals surface area (Å²) in [5.41, 5.74) is 4.24. The van der Waals surface area contributed by atoms with Crippen LogP contribution in [0.15, 0.2) is 42.7 Å². The van der Waals surface area contributed by atoms with Crippen LogP contribution in [0.5, 0.6) is 0 Å². The molecule has 1 aromatic carbocycles. The lowest BCUT2D eigenvalue weighted by molar-refractivity contribution is 0.0951. The topological polar surface area (TPSA) is 65.8 Å². The van der Waals surface area contributed by atoms with E-state index in [1.54, 1.807) is 23.0 Å². The van der Waals surface area contributed by atoms with E-state index >= 15 is 0 Å². The molecular formula is C22H28N6O. The Morgan fingerprint density at radius 3 is 2.55 bits per heavy atom. The van der Waals surface area contributed by atoms with E-state index in [1.165, 1.54) is 5.56 Å². The Balaban J connectivity index is 1.44. The normalized spacial score (nSPS) is 15.7. The molecule has 2 aromatic heterocycles. The van der Waals surface area contributed by atoms with Crippen LogP contribution in [-0.4, -0.2) is 63.0 Å². The fourth-order valence-corrected chi connectivity index (χ4v) is 3.92. The van der Waals surface area contributed by atoms with Crippen LogP contribution in [0.3, 0.4) is 0 Å². The summed E-state index contributed by atoms with van der Waals surface area (Å²) in [6, 6.07) is 10.2. The summed E-state index contributed by atoms with van der Waals surface area (Å²) in [6.45, 7) is 11.0. The number of hydrogen-bond acceptors (Lipinski definition) is 5. The number of likely N-dealkylation sites (N-methyl/N-ethyl adjacent to an activating group) is 1. The Labute approximate surface area is 171 Å². The fourth-order valence-electron chi connectivity index (χ4n) is 3.92. The summed E-state index contributed by atoms with van der Waals surface area (Å²) >= 11 is 0. The van der Waals surface area contributed by atoms with E-state index in [1.807, 2.05) is 13.0 Å². The number of nitrogens with one attached hydrogen (secondary N) is 1. The van der Waals surface area contributed by atoms with Gasteiger partial charge in [-0.05, 0) is 30.7 Å². The SMILES string of the molecule is CCN1CCN(Cc2ccccc2CNC(=O)c2c(C)nn3cccnc23)CC1. The Morgan fingerprint density at radius 2 is 1.79 bits per heavy atom. The molecule has 3 aromatic rings. The van der Waals surface area contributed by atoms with Gasteiger partial charge >= 0.3 is 0 Å². The molecule has 1 saturated heterocycles. The van der Waals surface area contributed by atoms with Gasteiger partial charge in [0.15, 0.2) is 5.65 Å². The van der Waals surface area contributed by atoms with Crippen LogP contribution >= 0.6 is 0 Å². The van der Waals surface area contributed by atoms with Gasteiger partial charge in [-0.1, -0.05) is 31.2 Å². The van der Waals surface area contributed by atoms with Crippen molar-refractivity contribution in [3.05, 3.63) is 65.1 Å². The Bertz CT molecular complexity index is 990. The molecular weight excluding hydrogens is 364 g/mol. The lowest BCUT2D eigenvalue weighted by Crippen LogP contribution is -2.45. The number of aromatic nitrogens is 3. The van der Waals surface area contributed by atoms with Crippen molar-refractivity contribution in [2.24, 2.45) is 0 Å². The molecule has 1 amide bonds. The number of fused-ring (bicyclic) bond motifs is 1. The van der Waals surface area contributed by atoms with Crippen LogP contribution < -0.4 is 5.32 Å². The summed E-state index contributed by atoms with van der Waals surface area (Å²) in [7, 11) is 0. The van der Waals surface area contributed by atoms with Gasteiger partial charge in [-0.2, -0.15) is 5.10 Å². The minimum atomic E-state index is -0.137. The minimum absolute atomic E-state index is 0.137. The number of piperazine rings is 1. The first-order chi connectivity index (χ1) is 14.2. The smallest absolute Gasteiger partial charge is 0.257 e. The zero-order chi connectivity index (χ0) is 20.2. The molecule has 1 aliphatic rings. The van der Waals surface area contributed by atoms with Gasteiger partial charge in [0.25, 0.3) is 5.91 Å². The Kier molecular flexibility index (Phi) is 5.87. The number of benzene rings is 1. The zero-order valence-corrected chi connectivity index (χ0v) is 17.1. The predicted octanol–water partition coefficient (Wildman–Crippen LogP) is 2.11. The third-order valence-corrected chi connectivity index (χ3v) is 5.66. The molecule has 0 spiro atoms. The molecule has 29 heavy (non-hydrogen) atoms. The second-order valence-electron chi connectivity index (χ2n) is 7.51. The van der Waals surface area contributed by atoms with Crippen LogP contribution in [0.1, 0.15) is 34.1 Å². The Hall–Kier alpha value is -2.77. The predicted molar refractivity (Wildman–Crippen MR) is 113 cm³/mol. The number of carbonyl (C=O) groups excluding carboxylic acids is 1. The van der Waals surface area contributed by atoms with Gasteiger partial charge in [0, 0.05) is 51.7 Å². The average molecular weight is 393 g/mol. The van der Waals surface area contributed by atoms with E-state index < -0.39 is 0 Å². The zero-order valence-electron chi connectivity index (χ0n) is 17.1. The number of amides is 1. The molecule has 0 radical (unpaired) electrons. The van der Waals surface area contributed by atoms with Crippen LogP contribution in [0.4, 0.5) is 0 Å². The average Bonchev–Trinajstić information content (AvgIpc) is 3.09. The minimum Gasteiger partial charge on any atom is -0.348 e. The van der Waals surface area contributed by atoms with Crippen molar-refractivity contribution in [2.45, 2.75) is 26.9 Å². The van der Waals surface area contributed by atoms with Crippen molar-refractivity contribution < 1.29 is 4.79 Å². The van der Waals surface area contributed by atoms with E-state index in [9.17, 15) is 4.79 Å². The van der Waals surface area contributed by atoms with Crippen molar-refractivity contribution >= 4 is 11.6 Å². The fraction of sp³-hybridized carbons (Fsp3) is 0.409. The number of rotatable bonds is 6. The van der Waals surface area contributed by atoms with Crippen LogP contribution in [0.25, 0.3) is 5.65 Å². The lowest BCUT2D eigenvalue weighted by atomic mass is 10.1. The molecule has 0 aliphatic carbocycles. The molecule has 0 bridgehead atoms. The van der Waals surface area contributed by atoms with Gasteiger partial charge < -0.3 is 10.2 Å². The van der Waals surface area contributed by atoms with Gasteiger partial charge in [0.05, 0.1) is 5.69 Å². The molecule has 0 atom stereocenters. The summed E-state index contributed by atoms with van der Waals surface area (Å²) < 4.78 is 1.65. The van der Waals surface area contributed by atoms with Crippen molar-refractivity contribution in [1.82, 2.24) is 29.7 Å². The molecule has 1 N–H and O–H groups in total. The van der Waals surface area contributed by atoms with Crippen molar-refractivity contribution in [2.75, 3.05) is 32.7 Å². The highest BCUT2D eigenvalue weighted by molar-refractivity contribution is 6.00. The highest BCUT2D eigenvalue weighted by Gasteiger charge is 2.19. The third-order valence-electron chi connectivity index (χ3n) is 5.66. The number of nitrogens with zero attached hydrogens (tertiary/aromatic N) is 5. The quantitative estimate of drug-likeness (QED) is 0.696. The highest BCUT2D eigenvalue weighted by Crippen LogP contribution is 2.16. The molecule has 3 heterocycles. The first-order valence-electron chi connectivity index (χ1n) is 10.3. The molecule has 1 fully saturated rings. The molecule has 0 unspecified atom stereocenters. The maximum absolute atomic E-state index is 12.9. The van der Waals surface area contributed by atoms with Gasteiger partial charge in [-0.15, -0.1) is 0 Å². The van der Waals surface area contributed by atoms with E-state index in [0.29, 0.717) is 23.4 Å². The van der Waals surface area contributed by atoms with Gasteiger partial charge in [-0.25, -0.2) is 9.50 Å². The number of aryl methyl sites for hydroxylation is 1. The largest absolute Gasteiger partial charge is 0.348 e. The van der Waals surface area contributed by atoms with Crippen LogP contribution in [0, 0.1) is 6.92 Å². The monoisotopic (exact) mass is 392 g/mol. The Morgan fingerprint density at radius 1 is 1.07 bits per heavy atom. The molecule has 1 aliphatic heterocycles. The van der Waals surface area contributed by atoms with Crippen LogP contribution in [-0.2, 0) is 13.1 Å². The first kappa shape index (κ1) is 19.5. The van der Waals surface area contributed by atoms with Gasteiger partial charge in [0.2, 0.25) is 0 Å². The first-order valence-corrected chi connectivity index (χ1v) is 10.3. The highest BCUT2D eigenvalue weighted by atomic mass is 16.1. The standard InChI is InChI=1S/C22H28N6O/c1-3-26-11-13-27(14-12-26)16-19-8-5-4-7-18(19)15-24-22(29)20-17(2)25-28-10-6-9-23-21(20)28/h4-10H,3,11-16H2,1-2H3,(H,24,29). The molecule has 4 rings (SSSR count). The van der Waals surface area contributed by atoms with E-state index in [4.69, 9.17) is 0 Å².